The van der Waals surface area contributed by atoms with Crippen LogP contribution in [0.4, 0.5) is 5.69 Å². The van der Waals surface area contributed by atoms with Crippen molar-refractivity contribution in [2.75, 3.05) is 26.5 Å². The Morgan fingerprint density at radius 1 is 1.08 bits per heavy atom. The van der Waals surface area contributed by atoms with Crippen LogP contribution in [0.2, 0.25) is 0 Å². The average Bonchev–Trinajstić information content (AvgIpc) is 2.56. The highest BCUT2D eigenvalue weighted by Crippen LogP contribution is 2.20. The molecule has 0 aliphatic rings. The van der Waals surface area contributed by atoms with Crippen LogP contribution in [0.3, 0.4) is 0 Å². The van der Waals surface area contributed by atoms with Gasteiger partial charge in [-0.25, -0.2) is 12.9 Å². The van der Waals surface area contributed by atoms with Crippen molar-refractivity contribution in [3.05, 3.63) is 59.2 Å². The lowest BCUT2D eigenvalue weighted by Crippen LogP contribution is -2.22. The molecule has 0 saturated carbocycles. The standard InChI is InChI=1S/C18H23N3O2S/c1-13-6-7-14(2)17(12-13)18(22)20-15-8-10-16(11-9-15)24(23,19-3)21(4)5/h6-12H,1-5H3,(H,20,22). The van der Waals surface area contributed by atoms with Crippen molar-refractivity contribution >= 4 is 21.5 Å². The molecule has 2 rings (SSSR count). The van der Waals surface area contributed by atoms with Crippen LogP contribution in [0.5, 0.6) is 0 Å². The van der Waals surface area contributed by atoms with Gasteiger partial charge in [-0.1, -0.05) is 17.7 Å². The lowest BCUT2D eigenvalue weighted by molar-refractivity contribution is 0.102. The molecule has 0 radical (unpaired) electrons. The molecule has 24 heavy (non-hydrogen) atoms. The minimum absolute atomic E-state index is 0.155. The number of nitrogens with zero attached hydrogens (tertiary/aromatic N) is 2. The van der Waals surface area contributed by atoms with Gasteiger partial charge >= 0.3 is 0 Å². The monoisotopic (exact) mass is 345 g/mol. The van der Waals surface area contributed by atoms with Crippen molar-refractivity contribution < 1.29 is 9.00 Å². The minimum atomic E-state index is -2.59. The Morgan fingerprint density at radius 2 is 1.71 bits per heavy atom. The molecule has 1 N–H and O–H groups in total. The summed E-state index contributed by atoms with van der Waals surface area (Å²) in [6, 6.07) is 12.7. The number of carbonyl (C=O) groups is 1. The number of hydrogen-bond donors (Lipinski definition) is 1. The van der Waals surface area contributed by atoms with Crippen LogP contribution in [0, 0.1) is 13.8 Å². The van der Waals surface area contributed by atoms with Crippen LogP contribution in [-0.2, 0) is 9.92 Å². The van der Waals surface area contributed by atoms with Crippen molar-refractivity contribution in [3.63, 3.8) is 0 Å². The van der Waals surface area contributed by atoms with E-state index in [0.29, 0.717) is 16.1 Å². The van der Waals surface area contributed by atoms with E-state index in [4.69, 9.17) is 0 Å². The van der Waals surface area contributed by atoms with Crippen LogP contribution < -0.4 is 5.32 Å². The van der Waals surface area contributed by atoms with E-state index in [-0.39, 0.29) is 5.91 Å². The van der Waals surface area contributed by atoms with Gasteiger partial charge in [0.25, 0.3) is 5.91 Å². The molecule has 0 fully saturated rings. The first-order chi connectivity index (χ1) is 11.3. The number of carbonyl (C=O) groups excluding carboxylic acids is 1. The summed E-state index contributed by atoms with van der Waals surface area (Å²) in [7, 11) is 2.41. The van der Waals surface area contributed by atoms with E-state index in [1.54, 1.807) is 49.7 Å². The van der Waals surface area contributed by atoms with Gasteiger partial charge in [-0.2, -0.15) is 0 Å². The summed E-state index contributed by atoms with van der Waals surface area (Å²) >= 11 is 0. The predicted octanol–water partition coefficient (Wildman–Crippen LogP) is 3.49. The first-order valence-corrected chi connectivity index (χ1v) is 9.06. The first kappa shape index (κ1) is 18.2. The van der Waals surface area contributed by atoms with E-state index in [1.165, 1.54) is 0 Å². The van der Waals surface area contributed by atoms with E-state index in [0.717, 1.165) is 11.1 Å². The third kappa shape index (κ3) is 3.66. The SMILES string of the molecule is CN=S(=O)(c1ccc(NC(=O)c2cc(C)ccc2C)cc1)N(C)C. The second kappa shape index (κ2) is 7.15. The van der Waals surface area contributed by atoms with Gasteiger partial charge in [-0.05, 0) is 49.7 Å². The molecule has 0 spiro atoms. The lowest BCUT2D eigenvalue weighted by atomic mass is 10.1. The van der Waals surface area contributed by atoms with Gasteiger partial charge in [-0.3, -0.25) is 4.79 Å². The highest BCUT2D eigenvalue weighted by Gasteiger charge is 2.15. The topological polar surface area (TPSA) is 61.8 Å². The fourth-order valence-corrected chi connectivity index (χ4v) is 3.82. The summed E-state index contributed by atoms with van der Waals surface area (Å²) in [4.78, 5) is 13.0. The highest BCUT2D eigenvalue weighted by atomic mass is 32.2. The third-order valence-corrected chi connectivity index (χ3v) is 6.17. The van der Waals surface area contributed by atoms with Crippen molar-refractivity contribution in [1.29, 1.82) is 0 Å². The van der Waals surface area contributed by atoms with Gasteiger partial charge in [0.1, 0.15) is 9.92 Å². The number of benzene rings is 2. The van der Waals surface area contributed by atoms with Crippen molar-refractivity contribution in [2.45, 2.75) is 18.7 Å². The molecular weight excluding hydrogens is 322 g/mol. The zero-order chi connectivity index (χ0) is 17.9. The molecule has 6 heteroatoms. The molecule has 128 valence electrons. The van der Waals surface area contributed by atoms with E-state index < -0.39 is 9.92 Å². The highest BCUT2D eigenvalue weighted by molar-refractivity contribution is 7.91. The second-order valence-electron chi connectivity index (χ2n) is 5.79. The molecule has 0 saturated heterocycles. The Kier molecular flexibility index (Phi) is 5.41. The smallest absolute Gasteiger partial charge is 0.255 e. The van der Waals surface area contributed by atoms with Crippen molar-refractivity contribution in [1.82, 2.24) is 4.31 Å². The number of aryl methyl sites for hydroxylation is 2. The van der Waals surface area contributed by atoms with Gasteiger partial charge in [0, 0.05) is 32.4 Å². The molecule has 1 amide bonds. The summed E-state index contributed by atoms with van der Waals surface area (Å²) in [5, 5.41) is 2.88. The largest absolute Gasteiger partial charge is 0.322 e. The zero-order valence-electron chi connectivity index (χ0n) is 14.7. The first-order valence-electron chi connectivity index (χ1n) is 7.59. The zero-order valence-corrected chi connectivity index (χ0v) is 15.5. The fourth-order valence-electron chi connectivity index (χ4n) is 2.37. The molecule has 1 unspecified atom stereocenters. The molecule has 0 aliphatic heterocycles. The maximum absolute atomic E-state index is 12.8. The van der Waals surface area contributed by atoms with E-state index in [2.05, 4.69) is 9.68 Å². The van der Waals surface area contributed by atoms with Gasteiger partial charge in [0.15, 0.2) is 0 Å². The molecule has 0 aliphatic carbocycles. The summed E-state index contributed by atoms with van der Waals surface area (Å²) in [6.45, 7) is 3.86. The maximum atomic E-state index is 12.8. The van der Waals surface area contributed by atoms with E-state index >= 15 is 0 Å². The second-order valence-corrected chi connectivity index (χ2v) is 8.35. The number of amides is 1. The average molecular weight is 345 g/mol. The summed E-state index contributed by atoms with van der Waals surface area (Å²) in [5.74, 6) is -0.155. The molecule has 0 heterocycles. The Labute approximate surface area is 144 Å². The van der Waals surface area contributed by atoms with Crippen molar-refractivity contribution in [3.8, 4) is 0 Å². The lowest BCUT2D eigenvalue weighted by Gasteiger charge is -2.17. The van der Waals surface area contributed by atoms with Crippen LogP contribution in [0.15, 0.2) is 51.7 Å². The third-order valence-electron chi connectivity index (χ3n) is 3.80. The van der Waals surface area contributed by atoms with Crippen LogP contribution >= 0.6 is 0 Å². The van der Waals surface area contributed by atoms with Gasteiger partial charge in [0.2, 0.25) is 0 Å². The van der Waals surface area contributed by atoms with Gasteiger partial charge in [0.05, 0.1) is 4.90 Å². The number of hydrogen-bond acceptors (Lipinski definition) is 3. The van der Waals surface area contributed by atoms with Crippen LogP contribution in [0.1, 0.15) is 21.5 Å². The van der Waals surface area contributed by atoms with Crippen LogP contribution in [-0.4, -0.2) is 35.6 Å². The summed E-state index contributed by atoms with van der Waals surface area (Å²) in [6.07, 6.45) is 0. The number of anilines is 1. The quantitative estimate of drug-likeness (QED) is 0.922. The Bertz CT molecular complexity index is 864. The number of rotatable bonds is 4. The molecular formula is C18H23N3O2S. The normalized spacial score (nSPS) is 13.4. The van der Waals surface area contributed by atoms with Gasteiger partial charge in [-0.15, -0.1) is 0 Å². The molecule has 0 aromatic heterocycles. The molecule has 2 aromatic carbocycles. The maximum Gasteiger partial charge on any atom is 0.255 e. The van der Waals surface area contributed by atoms with E-state index in [9.17, 15) is 9.00 Å². The Hall–Kier alpha value is -2.18. The molecule has 2 aromatic rings. The van der Waals surface area contributed by atoms with E-state index in [1.807, 2.05) is 32.0 Å². The van der Waals surface area contributed by atoms with Crippen LogP contribution in [0.25, 0.3) is 0 Å². The Balaban J connectivity index is 2.25. The molecule has 1 atom stereocenters. The molecule has 5 nitrogen and oxygen atoms in total. The summed E-state index contributed by atoms with van der Waals surface area (Å²) < 4.78 is 18.4. The fraction of sp³-hybridized carbons (Fsp3) is 0.278. The van der Waals surface area contributed by atoms with Crippen molar-refractivity contribution in [2.24, 2.45) is 4.36 Å². The number of nitrogens with one attached hydrogen (secondary N) is 1. The summed E-state index contributed by atoms with van der Waals surface area (Å²) in [5.41, 5.74) is 3.27. The molecule has 0 bridgehead atoms. The minimum Gasteiger partial charge on any atom is -0.322 e. The predicted molar refractivity (Wildman–Crippen MR) is 98.8 cm³/mol. The van der Waals surface area contributed by atoms with Gasteiger partial charge < -0.3 is 5.32 Å². The Morgan fingerprint density at radius 3 is 2.25 bits per heavy atom.